The van der Waals surface area contributed by atoms with E-state index in [1.807, 2.05) is 19.2 Å². The van der Waals surface area contributed by atoms with Gasteiger partial charge in [0.05, 0.1) is 24.2 Å². The van der Waals surface area contributed by atoms with E-state index in [0.29, 0.717) is 22.4 Å². The number of rotatable bonds is 6. The number of hydrogen-bond acceptors (Lipinski definition) is 8. The molecule has 24 heavy (non-hydrogen) atoms. The summed E-state index contributed by atoms with van der Waals surface area (Å²) in [5, 5.41) is 12.7. The molecule has 0 saturated carbocycles. The third-order valence-corrected chi connectivity index (χ3v) is 4.37. The van der Waals surface area contributed by atoms with Gasteiger partial charge in [-0.25, -0.2) is 9.97 Å². The first kappa shape index (κ1) is 19.8. The molecule has 0 radical (unpaired) electrons. The van der Waals surface area contributed by atoms with Crippen molar-refractivity contribution in [1.29, 1.82) is 0 Å². The molecule has 0 aromatic carbocycles. The second-order valence-corrected chi connectivity index (χ2v) is 6.45. The molecule has 10 heteroatoms. The maximum absolute atomic E-state index is 11.6. The number of carbonyl (C=O) groups excluding carboxylic acids is 1. The van der Waals surface area contributed by atoms with E-state index in [9.17, 15) is 9.59 Å². The lowest BCUT2D eigenvalue weighted by Crippen LogP contribution is -2.31. The van der Waals surface area contributed by atoms with Crippen molar-refractivity contribution in [3.8, 4) is 0 Å². The number of nitrogen functional groups attached to an aromatic ring is 2. The molecule has 0 saturated heterocycles. The summed E-state index contributed by atoms with van der Waals surface area (Å²) in [6, 6.07) is 0. The predicted molar refractivity (Wildman–Crippen MR) is 96.0 cm³/mol. The fraction of sp³-hybridized carbons (Fsp3) is 0.429. The second-order valence-electron chi connectivity index (χ2n) is 4.67. The maximum Gasteiger partial charge on any atom is 0.309 e. The minimum atomic E-state index is -0.884. The Labute approximate surface area is 148 Å². The van der Waals surface area contributed by atoms with E-state index in [4.69, 9.17) is 16.6 Å². The van der Waals surface area contributed by atoms with Crippen LogP contribution in [0.15, 0.2) is 10.8 Å². The predicted octanol–water partition coefficient (Wildman–Crippen LogP) is 1.49. The third kappa shape index (κ3) is 6.92. The standard InChI is InChI=1S/C9H15N3OS.C5H6N2O2S/c1-3-12(4-2)8(13)5-7-6-14-9(10)11-7;6-5-7-3(2-10-5)1-4(8)9/h6H,3-5H2,1-2H3,(H2,10,11);2H,1H2,(H2,6,7)(H,8,9). The Morgan fingerprint density at radius 2 is 1.50 bits per heavy atom. The zero-order valence-electron chi connectivity index (χ0n) is 13.6. The van der Waals surface area contributed by atoms with Gasteiger partial charge in [-0.1, -0.05) is 0 Å². The first-order valence-corrected chi connectivity index (χ1v) is 9.00. The molecule has 2 aromatic heterocycles. The van der Waals surface area contributed by atoms with Gasteiger partial charge in [0.25, 0.3) is 0 Å². The van der Waals surface area contributed by atoms with Crippen molar-refractivity contribution in [2.24, 2.45) is 0 Å². The van der Waals surface area contributed by atoms with Gasteiger partial charge in [-0.3, -0.25) is 9.59 Å². The van der Waals surface area contributed by atoms with Gasteiger partial charge in [-0.15, -0.1) is 22.7 Å². The number of nitrogens with zero attached hydrogens (tertiary/aromatic N) is 3. The van der Waals surface area contributed by atoms with Gasteiger partial charge in [-0.2, -0.15) is 0 Å². The molecule has 0 fully saturated rings. The molecule has 132 valence electrons. The molecule has 0 aliphatic carbocycles. The van der Waals surface area contributed by atoms with Crippen LogP contribution >= 0.6 is 22.7 Å². The number of aliphatic carboxylic acids is 1. The summed E-state index contributed by atoms with van der Waals surface area (Å²) >= 11 is 2.62. The van der Waals surface area contributed by atoms with Gasteiger partial charge >= 0.3 is 5.97 Å². The zero-order chi connectivity index (χ0) is 18.1. The third-order valence-electron chi connectivity index (χ3n) is 2.92. The van der Waals surface area contributed by atoms with E-state index < -0.39 is 5.97 Å². The summed E-state index contributed by atoms with van der Waals surface area (Å²) in [4.78, 5) is 31.3. The minimum Gasteiger partial charge on any atom is -0.481 e. The summed E-state index contributed by atoms with van der Waals surface area (Å²) < 4.78 is 0. The molecule has 0 spiro atoms. The summed E-state index contributed by atoms with van der Waals surface area (Å²) in [6.45, 7) is 5.43. The Hall–Kier alpha value is -2.20. The van der Waals surface area contributed by atoms with Gasteiger partial charge in [0, 0.05) is 23.8 Å². The average molecular weight is 371 g/mol. The molecule has 2 aromatic rings. The molecule has 0 bridgehead atoms. The average Bonchev–Trinajstić information content (AvgIpc) is 3.09. The molecule has 2 heterocycles. The van der Waals surface area contributed by atoms with Crippen LogP contribution in [0.3, 0.4) is 0 Å². The Morgan fingerprint density at radius 3 is 1.83 bits per heavy atom. The number of hydrogen-bond donors (Lipinski definition) is 3. The highest BCUT2D eigenvalue weighted by Gasteiger charge is 2.11. The molecule has 8 nitrogen and oxygen atoms in total. The van der Waals surface area contributed by atoms with Gasteiger partial charge in [-0.05, 0) is 13.8 Å². The maximum atomic E-state index is 11.6. The Bertz CT molecular complexity index is 667. The lowest BCUT2D eigenvalue weighted by molar-refractivity contribution is -0.136. The van der Waals surface area contributed by atoms with E-state index in [-0.39, 0.29) is 12.3 Å². The van der Waals surface area contributed by atoms with E-state index in [1.165, 1.54) is 22.7 Å². The number of aromatic nitrogens is 2. The Balaban J connectivity index is 0.000000254. The zero-order valence-corrected chi connectivity index (χ0v) is 15.2. The van der Waals surface area contributed by atoms with Crippen molar-refractivity contribution >= 4 is 44.8 Å². The molecule has 5 N–H and O–H groups in total. The van der Waals surface area contributed by atoms with Crippen LogP contribution in [0, 0.1) is 0 Å². The van der Waals surface area contributed by atoms with Crippen LogP contribution in [-0.2, 0) is 22.4 Å². The number of anilines is 2. The van der Waals surface area contributed by atoms with Gasteiger partial charge in [0.2, 0.25) is 5.91 Å². The lowest BCUT2D eigenvalue weighted by atomic mass is 10.3. The van der Waals surface area contributed by atoms with Gasteiger partial charge in [0.1, 0.15) is 0 Å². The molecule has 0 unspecified atom stereocenters. The van der Waals surface area contributed by atoms with Crippen molar-refractivity contribution in [2.45, 2.75) is 26.7 Å². The topological polar surface area (TPSA) is 135 Å². The van der Waals surface area contributed by atoms with Gasteiger partial charge < -0.3 is 21.5 Å². The quantitative estimate of drug-likeness (QED) is 0.700. The number of nitrogens with two attached hydrogens (primary N) is 2. The van der Waals surface area contributed by atoms with Crippen LogP contribution in [0.5, 0.6) is 0 Å². The van der Waals surface area contributed by atoms with Crippen LogP contribution in [-0.4, -0.2) is 44.9 Å². The number of carboxylic acid groups (broad SMARTS) is 1. The number of carbonyl (C=O) groups is 2. The molecular formula is C14H21N5O3S2. The first-order valence-electron chi connectivity index (χ1n) is 7.25. The highest BCUT2D eigenvalue weighted by Crippen LogP contribution is 2.12. The number of amides is 1. The molecule has 0 aliphatic heterocycles. The smallest absolute Gasteiger partial charge is 0.309 e. The molecule has 0 aliphatic rings. The highest BCUT2D eigenvalue weighted by atomic mass is 32.1. The fourth-order valence-corrected chi connectivity index (χ4v) is 2.93. The van der Waals surface area contributed by atoms with E-state index in [2.05, 4.69) is 9.97 Å². The second kappa shape index (κ2) is 9.83. The van der Waals surface area contributed by atoms with Crippen LogP contribution in [0.4, 0.5) is 10.3 Å². The lowest BCUT2D eigenvalue weighted by Gasteiger charge is -2.17. The number of thiazole rings is 2. The molecule has 1 amide bonds. The van der Waals surface area contributed by atoms with E-state index in [0.717, 1.165) is 18.8 Å². The van der Waals surface area contributed by atoms with Crippen LogP contribution in [0.1, 0.15) is 25.2 Å². The largest absolute Gasteiger partial charge is 0.481 e. The fourth-order valence-electron chi connectivity index (χ4n) is 1.81. The molecular weight excluding hydrogens is 350 g/mol. The van der Waals surface area contributed by atoms with Crippen LogP contribution < -0.4 is 11.5 Å². The van der Waals surface area contributed by atoms with Crippen molar-refractivity contribution in [3.63, 3.8) is 0 Å². The van der Waals surface area contributed by atoms with Crippen molar-refractivity contribution < 1.29 is 14.7 Å². The van der Waals surface area contributed by atoms with Crippen molar-refractivity contribution in [2.75, 3.05) is 24.6 Å². The summed E-state index contributed by atoms with van der Waals surface area (Å²) in [5.74, 6) is -0.773. The van der Waals surface area contributed by atoms with E-state index >= 15 is 0 Å². The normalized spacial score (nSPS) is 9.92. The van der Waals surface area contributed by atoms with Crippen molar-refractivity contribution in [3.05, 3.63) is 22.1 Å². The molecule has 0 atom stereocenters. The summed E-state index contributed by atoms with van der Waals surface area (Å²) in [6.07, 6.45) is 0.309. The minimum absolute atomic E-state index is 0.0479. The number of carboxylic acids is 1. The monoisotopic (exact) mass is 371 g/mol. The van der Waals surface area contributed by atoms with E-state index in [1.54, 1.807) is 10.3 Å². The molecule has 2 rings (SSSR count). The Kier molecular flexibility index (Phi) is 8.13. The SMILES string of the molecule is CCN(CC)C(=O)Cc1csc(N)n1.Nc1nc(CC(=O)O)cs1. The Morgan fingerprint density at radius 1 is 1.04 bits per heavy atom. The van der Waals surface area contributed by atoms with Gasteiger partial charge in [0.15, 0.2) is 10.3 Å². The highest BCUT2D eigenvalue weighted by molar-refractivity contribution is 7.13. The number of likely N-dealkylation sites (N-methyl/N-ethyl adjacent to an activating group) is 1. The first-order chi connectivity index (χ1) is 11.3. The summed E-state index contributed by atoms with van der Waals surface area (Å²) in [5.41, 5.74) is 12.0. The van der Waals surface area contributed by atoms with Crippen LogP contribution in [0.2, 0.25) is 0 Å². The van der Waals surface area contributed by atoms with Crippen molar-refractivity contribution in [1.82, 2.24) is 14.9 Å². The van der Waals surface area contributed by atoms with Crippen LogP contribution in [0.25, 0.3) is 0 Å². The summed E-state index contributed by atoms with van der Waals surface area (Å²) in [7, 11) is 0.